The minimum atomic E-state index is -0.576. The van der Waals surface area contributed by atoms with Crippen molar-refractivity contribution in [2.24, 2.45) is 0 Å². The molecule has 0 aliphatic heterocycles. The van der Waals surface area contributed by atoms with Crippen molar-refractivity contribution >= 4 is 33.0 Å². The van der Waals surface area contributed by atoms with Crippen LogP contribution < -0.4 is 5.32 Å². The molecule has 0 amide bonds. The smallest absolute Gasteiger partial charge is 0.292 e. The van der Waals surface area contributed by atoms with Gasteiger partial charge in [-0.15, -0.1) is 0 Å². The summed E-state index contributed by atoms with van der Waals surface area (Å²) >= 11 is 3.23. The Bertz CT molecular complexity index is 607. The van der Waals surface area contributed by atoms with Gasteiger partial charge in [0.15, 0.2) is 0 Å². The van der Waals surface area contributed by atoms with E-state index in [1.165, 1.54) is 6.20 Å². The number of benzene rings is 1. The van der Waals surface area contributed by atoms with Crippen molar-refractivity contribution in [1.82, 2.24) is 4.98 Å². The van der Waals surface area contributed by atoms with Crippen LogP contribution in [-0.4, -0.2) is 9.91 Å². The summed E-state index contributed by atoms with van der Waals surface area (Å²) in [6.45, 7) is 0. The van der Waals surface area contributed by atoms with E-state index in [-0.39, 0.29) is 11.4 Å². The molecule has 0 aliphatic rings. The Balaban J connectivity index is 2.39. The van der Waals surface area contributed by atoms with Crippen LogP contribution in [0.5, 0.6) is 0 Å². The fourth-order valence-corrected chi connectivity index (χ4v) is 1.77. The maximum Gasteiger partial charge on any atom is 0.292 e. The highest BCUT2D eigenvalue weighted by molar-refractivity contribution is 9.10. The molecule has 92 valence electrons. The molecule has 18 heavy (non-hydrogen) atoms. The van der Waals surface area contributed by atoms with Gasteiger partial charge < -0.3 is 5.32 Å². The summed E-state index contributed by atoms with van der Waals surface area (Å²) in [6, 6.07) is 4.91. The second-order valence-electron chi connectivity index (χ2n) is 3.44. The summed E-state index contributed by atoms with van der Waals surface area (Å²) in [5, 5.41) is 13.6. The molecular weight excluding hydrogens is 305 g/mol. The van der Waals surface area contributed by atoms with E-state index in [0.29, 0.717) is 10.2 Å². The topological polar surface area (TPSA) is 68.1 Å². The minimum Gasteiger partial charge on any atom is -0.349 e. The average Bonchev–Trinajstić information content (AvgIpc) is 2.28. The molecule has 2 aromatic rings. The van der Waals surface area contributed by atoms with E-state index in [9.17, 15) is 14.5 Å². The number of pyridine rings is 1. The first-order valence-electron chi connectivity index (χ1n) is 4.88. The Morgan fingerprint density at radius 3 is 2.78 bits per heavy atom. The Kier molecular flexibility index (Phi) is 3.52. The van der Waals surface area contributed by atoms with Gasteiger partial charge in [-0.25, -0.2) is 4.39 Å². The summed E-state index contributed by atoms with van der Waals surface area (Å²) in [7, 11) is 0. The number of anilines is 2. The SMILES string of the molecule is O=[N+]([O-])c1ccc(F)cc1Nc1cncc(Br)c1. The Hall–Kier alpha value is -2.02. The van der Waals surface area contributed by atoms with E-state index < -0.39 is 10.7 Å². The van der Waals surface area contributed by atoms with Gasteiger partial charge in [0, 0.05) is 22.8 Å². The summed E-state index contributed by atoms with van der Waals surface area (Å²) < 4.78 is 13.8. The number of hydrogen-bond donors (Lipinski definition) is 1. The van der Waals surface area contributed by atoms with Crippen LogP contribution in [0.3, 0.4) is 0 Å². The average molecular weight is 312 g/mol. The van der Waals surface area contributed by atoms with Gasteiger partial charge in [-0.1, -0.05) is 0 Å². The van der Waals surface area contributed by atoms with E-state index in [0.717, 1.165) is 18.2 Å². The molecule has 1 aromatic carbocycles. The number of nitro groups is 1. The zero-order valence-electron chi connectivity index (χ0n) is 8.93. The van der Waals surface area contributed by atoms with Crippen LogP contribution in [0.2, 0.25) is 0 Å². The normalized spacial score (nSPS) is 10.1. The second-order valence-corrected chi connectivity index (χ2v) is 4.35. The summed E-state index contributed by atoms with van der Waals surface area (Å²) in [5.74, 6) is -0.550. The molecule has 0 spiro atoms. The fraction of sp³-hybridized carbons (Fsp3) is 0. The van der Waals surface area contributed by atoms with E-state index in [2.05, 4.69) is 26.2 Å². The molecule has 2 rings (SSSR count). The van der Waals surface area contributed by atoms with Crippen molar-refractivity contribution in [2.75, 3.05) is 5.32 Å². The predicted molar refractivity (Wildman–Crippen MR) is 68.3 cm³/mol. The molecule has 1 N–H and O–H groups in total. The van der Waals surface area contributed by atoms with Crippen LogP contribution in [0.15, 0.2) is 41.1 Å². The molecular formula is C11H7BrFN3O2. The lowest BCUT2D eigenvalue weighted by Crippen LogP contribution is -1.98. The zero-order chi connectivity index (χ0) is 13.1. The zero-order valence-corrected chi connectivity index (χ0v) is 10.5. The lowest BCUT2D eigenvalue weighted by molar-refractivity contribution is -0.384. The molecule has 1 aromatic heterocycles. The Labute approximate surface area is 110 Å². The highest BCUT2D eigenvalue weighted by Crippen LogP contribution is 2.28. The third-order valence-electron chi connectivity index (χ3n) is 2.14. The van der Waals surface area contributed by atoms with Crippen molar-refractivity contribution in [1.29, 1.82) is 0 Å². The molecule has 0 radical (unpaired) electrons. The van der Waals surface area contributed by atoms with Gasteiger partial charge >= 0.3 is 0 Å². The van der Waals surface area contributed by atoms with Crippen molar-refractivity contribution in [3.8, 4) is 0 Å². The van der Waals surface area contributed by atoms with Gasteiger partial charge in [-0.2, -0.15) is 0 Å². The van der Waals surface area contributed by atoms with Crippen LogP contribution in [0.1, 0.15) is 0 Å². The van der Waals surface area contributed by atoms with Gasteiger partial charge in [0.05, 0.1) is 16.8 Å². The highest BCUT2D eigenvalue weighted by atomic mass is 79.9. The molecule has 7 heteroatoms. The lowest BCUT2D eigenvalue weighted by atomic mass is 10.2. The van der Waals surface area contributed by atoms with Crippen molar-refractivity contribution < 1.29 is 9.31 Å². The maximum atomic E-state index is 13.1. The molecule has 0 bridgehead atoms. The summed E-state index contributed by atoms with van der Waals surface area (Å²) in [4.78, 5) is 14.1. The number of rotatable bonds is 3. The predicted octanol–water partition coefficient (Wildman–Crippen LogP) is 3.64. The van der Waals surface area contributed by atoms with Crippen molar-refractivity contribution in [2.45, 2.75) is 0 Å². The second kappa shape index (κ2) is 5.09. The Morgan fingerprint density at radius 1 is 1.33 bits per heavy atom. The fourth-order valence-electron chi connectivity index (χ4n) is 1.40. The van der Waals surface area contributed by atoms with Crippen LogP contribution in [0, 0.1) is 15.9 Å². The van der Waals surface area contributed by atoms with Crippen LogP contribution >= 0.6 is 15.9 Å². The van der Waals surface area contributed by atoms with Crippen LogP contribution in [0.4, 0.5) is 21.5 Å². The lowest BCUT2D eigenvalue weighted by Gasteiger charge is -2.07. The third-order valence-corrected chi connectivity index (χ3v) is 2.57. The van der Waals surface area contributed by atoms with E-state index in [1.54, 1.807) is 12.3 Å². The van der Waals surface area contributed by atoms with Crippen LogP contribution in [0.25, 0.3) is 0 Å². The monoisotopic (exact) mass is 311 g/mol. The number of nitrogens with one attached hydrogen (secondary N) is 1. The number of halogens is 2. The first kappa shape index (κ1) is 12.4. The van der Waals surface area contributed by atoms with Gasteiger partial charge in [-0.3, -0.25) is 15.1 Å². The maximum absolute atomic E-state index is 13.1. The van der Waals surface area contributed by atoms with E-state index in [4.69, 9.17) is 0 Å². The molecule has 1 heterocycles. The molecule has 0 unspecified atom stereocenters. The first-order valence-corrected chi connectivity index (χ1v) is 5.67. The molecule has 5 nitrogen and oxygen atoms in total. The number of hydrogen-bond acceptors (Lipinski definition) is 4. The largest absolute Gasteiger partial charge is 0.349 e. The number of nitrogens with zero attached hydrogens (tertiary/aromatic N) is 2. The van der Waals surface area contributed by atoms with Crippen molar-refractivity contribution in [3.05, 3.63) is 57.1 Å². The van der Waals surface area contributed by atoms with Gasteiger partial charge in [0.2, 0.25) is 0 Å². The van der Waals surface area contributed by atoms with Crippen molar-refractivity contribution in [3.63, 3.8) is 0 Å². The highest BCUT2D eigenvalue weighted by Gasteiger charge is 2.14. The quantitative estimate of drug-likeness (QED) is 0.694. The molecule has 0 saturated heterocycles. The third kappa shape index (κ3) is 2.80. The molecule has 0 aliphatic carbocycles. The minimum absolute atomic E-state index is 0.0832. The standard InChI is InChI=1S/C11H7BrFN3O2/c12-7-3-9(6-14-5-7)15-10-4-8(13)1-2-11(10)16(17)18/h1-6,15H. The molecule has 0 saturated carbocycles. The number of aromatic nitrogens is 1. The van der Waals surface area contributed by atoms with Gasteiger partial charge in [0.1, 0.15) is 11.5 Å². The van der Waals surface area contributed by atoms with Gasteiger partial charge in [-0.05, 0) is 28.1 Å². The van der Waals surface area contributed by atoms with E-state index in [1.807, 2.05) is 0 Å². The summed E-state index contributed by atoms with van der Waals surface area (Å²) in [6.07, 6.45) is 3.06. The van der Waals surface area contributed by atoms with Crippen LogP contribution in [-0.2, 0) is 0 Å². The molecule has 0 fully saturated rings. The summed E-state index contributed by atoms with van der Waals surface area (Å²) in [5.41, 5.74) is 0.411. The van der Waals surface area contributed by atoms with Gasteiger partial charge in [0.25, 0.3) is 5.69 Å². The first-order chi connectivity index (χ1) is 8.56. The van der Waals surface area contributed by atoms with E-state index >= 15 is 0 Å². The molecule has 0 atom stereocenters. The number of nitro benzene ring substituents is 1. The Morgan fingerprint density at radius 2 is 2.11 bits per heavy atom.